The maximum absolute atomic E-state index is 12.9. The Bertz CT molecular complexity index is 994. The number of anilines is 1. The van der Waals surface area contributed by atoms with Crippen LogP contribution in [0.15, 0.2) is 53.2 Å². The highest BCUT2D eigenvalue weighted by molar-refractivity contribution is 7.10. The van der Waals surface area contributed by atoms with Crippen molar-refractivity contribution in [1.29, 1.82) is 0 Å². The zero-order chi connectivity index (χ0) is 21.0. The highest BCUT2D eigenvalue weighted by Gasteiger charge is 2.31. The number of morpholine rings is 1. The summed E-state index contributed by atoms with van der Waals surface area (Å²) in [6, 6.07) is 14.9. The highest BCUT2D eigenvalue weighted by atomic mass is 32.1. The predicted molar refractivity (Wildman–Crippen MR) is 127 cm³/mol. The third-order valence-corrected chi connectivity index (χ3v) is 7.89. The molecule has 2 aliphatic rings. The van der Waals surface area contributed by atoms with Crippen molar-refractivity contribution in [1.82, 2.24) is 9.80 Å². The van der Waals surface area contributed by atoms with Crippen LogP contribution in [0, 0.1) is 0 Å². The molecule has 5 rings (SSSR count). The van der Waals surface area contributed by atoms with Crippen molar-refractivity contribution in [2.75, 3.05) is 44.7 Å². The van der Waals surface area contributed by atoms with Gasteiger partial charge in [0, 0.05) is 41.6 Å². The monoisotopic (exact) mass is 453 g/mol. The number of rotatable bonds is 6. The third kappa shape index (κ3) is 4.91. The van der Waals surface area contributed by atoms with Crippen LogP contribution in [0.25, 0.3) is 0 Å². The van der Waals surface area contributed by atoms with Crippen molar-refractivity contribution in [3.63, 3.8) is 0 Å². The lowest BCUT2D eigenvalue weighted by Gasteiger charge is -2.34. The lowest BCUT2D eigenvalue weighted by atomic mass is 9.98. The Hall–Kier alpha value is -2.03. The zero-order valence-corrected chi connectivity index (χ0v) is 19.1. The molecule has 0 bridgehead atoms. The van der Waals surface area contributed by atoms with Gasteiger partial charge in [-0.1, -0.05) is 18.2 Å². The number of thiophene rings is 2. The quantitative estimate of drug-likeness (QED) is 0.607. The minimum absolute atomic E-state index is 0.0427. The van der Waals surface area contributed by atoms with E-state index in [9.17, 15) is 4.79 Å². The number of amides is 1. The number of hydrogen-bond donors (Lipinski definition) is 1. The predicted octanol–water partition coefficient (Wildman–Crippen LogP) is 4.23. The molecule has 31 heavy (non-hydrogen) atoms. The number of nitrogens with one attached hydrogen (secondary N) is 1. The molecule has 0 spiro atoms. The van der Waals surface area contributed by atoms with Crippen LogP contribution >= 0.6 is 22.7 Å². The van der Waals surface area contributed by atoms with Crippen molar-refractivity contribution in [3.05, 3.63) is 74.1 Å². The number of ether oxygens (including phenoxy) is 1. The first-order valence-corrected chi connectivity index (χ1v) is 12.5. The highest BCUT2D eigenvalue weighted by Crippen LogP contribution is 2.39. The van der Waals surface area contributed by atoms with Crippen molar-refractivity contribution in [2.45, 2.75) is 19.0 Å². The molecule has 1 fully saturated rings. The third-order valence-electron chi connectivity index (χ3n) is 5.97. The van der Waals surface area contributed by atoms with Crippen LogP contribution in [0.4, 0.5) is 5.69 Å². The molecule has 2 aromatic heterocycles. The van der Waals surface area contributed by atoms with Crippen molar-refractivity contribution < 1.29 is 9.53 Å². The maximum atomic E-state index is 12.9. The van der Waals surface area contributed by atoms with Crippen LogP contribution in [0.3, 0.4) is 0 Å². The first-order chi connectivity index (χ1) is 15.3. The molecular weight excluding hydrogens is 426 g/mol. The Balaban J connectivity index is 1.22. The van der Waals surface area contributed by atoms with Crippen molar-refractivity contribution in [3.8, 4) is 0 Å². The number of carbonyl (C=O) groups excluding carboxylic acids is 1. The molecule has 1 N–H and O–H groups in total. The largest absolute Gasteiger partial charge is 0.379 e. The van der Waals surface area contributed by atoms with Crippen LogP contribution in [-0.4, -0.2) is 55.1 Å². The summed E-state index contributed by atoms with van der Waals surface area (Å²) in [7, 11) is 0. The lowest BCUT2D eigenvalue weighted by Crippen LogP contribution is -2.40. The van der Waals surface area contributed by atoms with E-state index < -0.39 is 0 Å². The molecule has 0 radical (unpaired) electrons. The lowest BCUT2D eigenvalue weighted by molar-refractivity contribution is -0.117. The SMILES string of the molecule is O=C(CN1CCc2sccc2C1c1cccs1)Nc1ccc(CN2CCOCC2)cc1. The van der Waals surface area contributed by atoms with Crippen LogP contribution < -0.4 is 5.32 Å². The van der Waals surface area contributed by atoms with E-state index >= 15 is 0 Å². The fraction of sp³-hybridized carbons (Fsp3) is 0.375. The summed E-state index contributed by atoms with van der Waals surface area (Å²) in [5.74, 6) is 0.0427. The van der Waals surface area contributed by atoms with E-state index in [4.69, 9.17) is 4.74 Å². The second kappa shape index (κ2) is 9.63. The summed E-state index contributed by atoms with van der Waals surface area (Å²) in [4.78, 5) is 20.3. The van der Waals surface area contributed by atoms with Gasteiger partial charge in [-0.15, -0.1) is 22.7 Å². The standard InChI is InChI=1S/C24H27N3O2S2/c28-23(25-19-5-3-18(4-6-19)16-26-10-12-29-13-11-26)17-27-9-7-21-20(8-15-31-21)24(27)22-2-1-14-30-22/h1-6,8,14-15,24H,7,9-13,16-17H2,(H,25,28). The summed E-state index contributed by atoms with van der Waals surface area (Å²) in [6.07, 6.45) is 1.01. The molecule has 7 heteroatoms. The second-order valence-electron chi connectivity index (χ2n) is 8.07. The Morgan fingerprint density at radius 1 is 1.03 bits per heavy atom. The maximum Gasteiger partial charge on any atom is 0.238 e. The van der Waals surface area contributed by atoms with Gasteiger partial charge in [0.05, 0.1) is 25.8 Å². The van der Waals surface area contributed by atoms with Crippen LogP contribution in [0.5, 0.6) is 0 Å². The van der Waals surface area contributed by atoms with Gasteiger partial charge in [0.2, 0.25) is 5.91 Å². The fourth-order valence-corrected chi connectivity index (χ4v) is 6.19. The van der Waals surface area contributed by atoms with E-state index in [2.05, 4.69) is 56.2 Å². The summed E-state index contributed by atoms with van der Waals surface area (Å²) < 4.78 is 5.42. The number of nitrogens with zero attached hydrogens (tertiary/aromatic N) is 2. The average Bonchev–Trinajstić information content (AvgIpc) is 3.48. The molecule has 3 aromatic rings. The molecule has 1 aromatic carbocycles. The van der Waals surface area contributed by atoms with Gasteiger partial charge in [-0.2, -0.15) is 0 Å². The van der Waals surface area contributed by atoms with Crippen molar-refractivity contribution >= 4 is 34.3 Å². The van der Waals surface area contributed by atoms with Crippen LogP contribution in [0.1, 0.15) is 26.9 Å². The summed E-state index contributed by atoms with van der Waals surface area (Å²) in [5, 5.41) is 7.39. The molecule has 0 saturated carbocycles. The summed E-state index contributed by atoms with van der Waals surface area (Å²) in [6.45, 7) is 5.80. The number of hydrogen-bond acceptors (Lipinski definition) is 6. The Kier molecular flexibility index (Phi) is 6.47. The minimum atomic E-state index is 0.0427. The van der Waals surface area contributed by atoms with Gasteiger partial charge in [0.15, 0.2) is 0 Å². The normalized spacial score (nSPS) is 19.8. The van der Waals surface area contributed by atoms with E-state index in [1.54, 1.807) is 11.3 Å². The van der Waals surface area contributed by atoms with Gasteiger partial charge in [-0.05, 0) is 52.6 Å². The van der Waals surface area contributed by atoms with Gasteiger partial charge < -0.3 is 10.1 Å². The molecule has 4 heterocycles. The molecule has 1 unspecified atom stereocenters. The topological polar surface area (TPSA) is 44.8 Å². The molecule has 1 amide bonds. The fourth-order valence-electron chi connectivity index (χ4n) is 4.41. The van der Waals surface area contributed by atoms with E-state index in [-0.39, 0.29) is 11.9 Å². The second-order valence-corrected chi connectivity index (χ2v) is 10.1. The number of carbonyl (C=O) groups is 1. The molecule has 0 aliphatic carbocycles. The van der Waals surface area contributed by atoms with E-state index in [1.807, 2.05) is 23.5 Å². The zero-order valence-electron chi connectivity index (χ0n) is 17.5. The molecule has 1 atom stereocenters. The Morgan fingerprint density at radius 2 is 1.87 bits per heavy atom. The van der Waals surface area contributed by atoms with Gasteiger partial charge in [0.1, 0.15) is 0 Å². The Morgan fingerprint density at radius 3 is 2.65 bits per heavy atom. The first kappa shape index (κ1) is 20.8. The first-order valence-electron chi connectivity index (χ1n) is 10.8. The molecule has 162 valence electrons. The van der Waals surface area contributed by atoms with Crippen LogP contribution in [-0.2, 0) is 22.5 Å². The van der Waals surface area contributed by atoms with Gasteiger partial charge in [0.25, 0.3) is 0 Å². The van der Waals surface area contributed by atoms with E-state index in [0.717, 1.165) is 51.5 Å². The average molecular weight is 454 g/mol. The molecule has 2 aliphatic heterocycles. The number of fused-ring (bicyclic) bond motifs is 1. The smallest absolute Gasteiger partial charge is 0.238 e. The summed E-state index contributed by atoms with van der Waals surface area (Å²) in [5.41, 5.74) is 3.48. The molecule has 1 saturated heterocycles. The Labute approximate surface area is 191 Å². The van der Waals surface area contributed by atoms with Gasteiger partial charge in [-0.3, -0.25) is 14.6 Å². The summed E-state index contributed by atoms with van der Waals surface area (Å²) >= 11 is 3.60. The van der Waals surface area contributed by atoms with Gasteiger partial charge in [-0.25, -0.2) is 0 Å². The minimum Gasteiger partial charge on any atom is -0.379 e. The molecular formula is C24H27N3O2S2. The van der Waals surface area contributed by atoms with E-state index in [0.29, 0.717) is 6.54 Å². The van der Waals surface area contributed by atoms with Crippen molar-refractivity contribution in [2.24, 2.45) is 0 Å². The number of benzene rings is 1. The van der Waals surface area contributed by atoms with Crippen LogP contribution in [0.2, 0.25) is 0 Å². The van der Waals surface area contributed by atoms with E-state index in [1.165, 1.54) is 20.9 Å². The molecule has 5 nitrogen and oxygen atoms in total. The van der Waals surface area contributed by atoms with Gasteiger partial charge >= 0.3 is 0 Å².